The van der Waals surface area contributed by atoms with Crippen LogP contribution in [0.15, 0.2) is 30.3 Å². The maximum Gasteiger partial charge on any atom is 0.151 e. The smallest absolute Gasteiger partial charge is 0.151 e. The highest BCUT2D eigenvalue weighted by atomic mass is 16.1. The fourth-order valence-corrected chi connectivity index (χ4v) is 1.45. The maximum atomic E-state index is 11.4. The first kappa shape index (κ1) is 12.3. The SMILES string of the molecule is CC#CCN(c1ccccc1)C(C)C(C)=O. The van der Waals surface area contributed by atoms with Crippen LogP contribution in [-0.4, -0.2) is 18.4 Å². The molecule has 1 aromatic carbocycles. The minimum absolute atomic E-state index is 0.136. The number of para-hydroxylation sites is 1. The number of rotatable bonds is 4. The van der Waals surface area contributed by atoms with Crippen molar-refractivity contribution in [3.05, 3.63) is 30.3 Å². The van der Waals surface area contributed by atoms with E-state index in [9.17, 15) is 4.79 Å². The summed E-state index contributed by atoms with van der Waals surface area (Å²) in [4.78, 5) is 13.4. The molecule has 1 rings (SSSR count). The second-order valence-electron chi connectivity index (χ2n) is 3.68. The van der Waals surface area contributed by atoms with Crippen LogP contribution in [0.2, 0.25) is 0 Å². The van der Waals surface area contributed by atoms with Gasteiger partial charge in [-0.05, 0) is 32.9 Å². The van der Waals surface area contributed by atoms with Crippen LogP contribution in [0.25, 0.3) is 0 Å². The van der Waals surface area contributed by atoms with E-state index < -0.39 is 0 Å². The Balaban J connectivity index is 2.94. The van der Waals surface area contributed by atoms with E-state index in [-0.39, 0.29) is 11.8 Å². The maximum absolute atomic E-state index is 11.4. The quantitative estimate of drug-likeness (QED) is 0.719. The fourth-order valence-electron chi connectivity index (χ4n) is 1.45. The van der Waals surface area contributed by atoms with E-state index in [1.54, 1.807) is 6.92 Å². The highest BCUT2D eigenvalue weighted by molar-refractivity contribution is 5.84. The molecule has 0 radical (unpaired) electrons. The number of nitrogens with zero attached hydrogens (tertiary/aromatic N) is 1. The highest BCUT2D eigenvalue weighted by Crippen LogP contribution is 2.16. The third-order valence-corrected chi connectivity index (χ3v) is 2.57. The number of carbonyl (C=O) groups is 1. The van der Waals surface area contributed by atoms with Crippen LogP contribution in [-0.2, 0) is 4.79 Å². The Labute approximate surface area is 97.3 Å². The molecule has 2 nitrogen and oxygen atoms in total. The van der Waals surface area contributed by atoms with Gasteiger partial charge in [0.1, 0.15) is 0 Å². The predicted octanol–water partition coefficient (Wildman–Crippen LogP) is 2.49. The van der Waals surface area contributed by atoms with Gasteiger partial charge in [-0.25, -0.2) is 0 Å². The van der Waals surface area contributed by atoms with Crippen molar-refractivity contribution in [3.8, 4) is 11.8 Å². The molecule has 16 heavy (non-hydrogen) atoms. The molecule has 0 aliphatic rings. The van der Waals surface area contributed by atoms with Gasteiger partial charge in [0.25, 0.3) is 0 Å². The summed E-state index contributed by atoms with van der Waals surface area (Å²) in [5, 5.41) is 0. The summed E-state index contributed by atoms with van der Waals surface area (Å²) < 4.78 is 0. The van der Waals surface area contributed by atoms with Crippen LogP contribution < -0.4 is 4.90 Å². The van der Waals surface area contributed by atoms with Gasteiger partial charge in [-0.1, -0.05) is 24.1 Å². The van der Waals surface area contributed by atoms with E-state index in [0.29, 0.717) is 6.54 Å². The minimum atomic E-state index is -0.136. The van der Waals surface area contributed by atoms with Crippen LogP contribution in [0.5, 0.6) is 0 Å². The van der Waals surface area contributed by atoms with Gasteiger partial charge in [-0.15, -0.1) is 5.92 Å². The van der Waals surface area contributed by atoms with E-state index in [2.05, 4.69) is 11.8 Å². The second-order valence-corrected chi connectivity index (χ2v) is 3.68. The van der Waals surface area contributed by atoms with E-state index in [1.165, 1.54) is 0 Å². The molecule has 0 saturated heterocycles. The molecule has 1 unspecified atom stereocenters. The molecule has 0 saturated carbocycles. The average molecular weight is 215 g/mol. The van der Waals surface area contributed by atoms with E-state index in [4.69, 9.17) is 0 Å². The summed E-state index contributed by atoms with van der Waals surface area (Å²) in [5.41, 5.74) is 1.04. The number of ketones is 1. The third-order valence-electron chi connectivity index (χ3n) is 2.57. The number of benzene rings is 1. The zero-order valence-electron chi connectivity index (χ0n) is 10.0. The molecular weight excluding hydrogens is 198 g/mol. The lowest BCUT2D eigenvalue weighted by atomic mass is 10.1. The molecule has 0 aliphatic carbocycles. The fraction of sp³-hybridized carbons (Fsp3) is 0.357. The van der Waals surface area contributed by atoms with Crippen molar-refractivity contribution in [1.82, 2.24) is 0 Å². The van der Waals surface area contributed by atoms with Crippen LogP contribution >= 0.6 is 0 Å². The van der Waals surface area contributed by atoms with Crippen LogP contribution in [0.3, 0.4) is 0 Å². The number of carbonyl (C=O) groups excluding carboxylic acids is 1. The lowest BCUT2D eigenvalue weighted by Crippen LogP contribution is -2.38. The molecule has 0 fully saturated rings. The number of Topliss-reactive ketones (excluding diaryl/α,β-unsaturated/α-hetero) is 1. The number of hydrogen-bond donors (Lipinski definition) is 0. The molecule has 0 aliphatic heterocycles. The van der Waals surface area contributed by atoms with Gasteiger partial charge in [0, 0.05) is 5.69 Å². The third kappa shape index (κ3) is 3.13. The summed E-state index contributed by atoms with van der Waals surface area (Å²) in [6, 6.07) is 9.76. The molecule has 0 N–H and O–H groups in total. The van der Waals surface area contributed by atoms with Gasteiger partial charge in [0.2, 0.25) is 0 Å². The number of anilines is 1. The standard InChI is InChI=1S/C14H17NO/c1-4-5-11-15(12(2)13(3)16)14-9-7-6-8-10-14/h6-10,12H,11H2,1-3H3. The van der Waals surface area contributed by atoms with Crippen molar-refractivity contribution in [2.24, 2.45) is 0 Å². The Kier molecular flexibility index (Phi) is 4.60. The van der Waals surface area contributed by atoms with E-state index in [1.807, 2.05) is 49.1 Å². The molecular formula is C14H17NO. The molecule has 2 heteroatoms. The summed E-state index contributed by atoms with van der Waals surface area (Å²) in [7, 11) is 0. The zero-order chi connectivity index (χ0) is 12.0. The van der Waals surface area contributed by atoms with Gasteiger partial charge in [-0.3, -0.25) is 4.79 Å². The Morgan fingerprint density at radius 3 is 2.50 bits per heavy atom. The van der Waals surface area contributed by atoms with Crippen molar-refractivity contribution < 1.29 is 4.79 Å². The topological polar surface area (TPSA) is 20.3 Å². The van der Waals surface area contributed by atoms with Crippen LogP contribution in [0.4, 0.5) is 5.69 Å². The first-order valence-electron chi connectivity index (χ1n) is 5.38. The molecule has 84 valence electrons. The second kappa shape index (κ2) is 5.97. The molecule has 0 amide bonds. The number of hydrogen-bond acceptors (Lipinski definition) is 2. The molecule has 0 bridgehead atoms. The van der Waals surface area contributed by atoms with Gasteiger partial charge in [-0.2, -0.15) is 0 Å². The summed E-state index contributed by atoms with van der Waals surface area (Å²) in [6.07, 6.45) is 0. The Morgan fingerprint density at radius 1 is 1.38 bits per heavy atom. The van der Waals surface area contributed by atoms with Crippen molar-refractivity contribution in [2.45, 2.75) is 26.8 Å². The summed E-state index contributed by atoms with van der Waals surface area (Å²) in [5.74, 6) is 6.02. The monoisotopic (exact) mass is 215 g/mol. The van der Waals surface area contributed by atoms with Crippen molar-refractivity contribution in [2.75, 3.05) is 11.4 Å². The Bertz CT molecular complexity index is 400. The van der Waals surface area contributed by atoms with Gasteiger partial charge in [0.15, 0.2) is 5.78 Å². The van der Waals surface area contributed by atoms with E-state index >= 15 is 0 Å². The predicted molar refractivity (Wildman–Crippen MR) is 67.4 cm³/mol. The highest BCUT2D eigenvalue weighted by Gasteiger charge is 2.16. The Hall–Kier alpha value is -1.75. The van der Waals surface area contributed by atoms with Gasteiger partial charge < -0.3 is 4.90 Å². The molecule has 1 aromatic rings. The molecule has 0 heterocycles. The molecule has 0 spiro atoms. The van der Waals surface area contributed by atoms with Crippen molar-refractivity contribution in [1.29, 1.82) is 0 Å². The lowest BCUT2D eigenvalue weighted by molar-refractivity contribution is -0.117. The summed E-state index contributed by atoms with van der Waals surface area (Å²) in [6.45, 7) is 5.91. The molecule has 0 aromatic heterocycles. The minimum Gasteiger partial charge on any atom is -0.351 e. The first-order chi connectivity index (χ1) is 7.66. The van der Waals surface area contributed by atoms with Crippen molar-refractivity contribution >= 4 is 11.5 Å². The normalized spacial score (nSPS) is 11.2. The zero-order valence-corrected chi connectivity index (χ0v) is 10.0. The Morgan fingerprint density at radius 2 is 2.00 bits per heavy atom. The van der Waals surface area contributed by atoms with Gasteiger partial charge in [0.05, 0.1) is 12.6 Å². The largest absolute Gasteiger partial charge is 0.351 e. The van der Waals surface area contributed by atoms with Gasteiger partial charge >= 0.3 is 0 Å². The lowest BCUT2D eigenvalue weighted by Gasteiger charge is -2.27. The molecule has 1 atom stereocenters. The van der Waals surface area contributed by atoms with E-state index in [0.717, 1.165) is 5.69 Å². The first-order valence-corrected chi connectivity index (χ1v) is 5.38. The van der Waals surface area contributed by atoms with Crippen molar-refractivity contribution in [3.63, 3.8) is 0 Å². The van der Waals surface area contributed by atoms with Crippen LogP contribution in [0.1, 0.15) is 20.8 Å². The summed E-state index contributed by atoms with van der Waals surface area (Å²) >= 11 is 0. The van der Waals surface area contributed by atoms with Crippen LogP contribution in [0, 0.1) is 11.8 Å². The average Bonchev–Trinajstić information content (AvgIpc) is 2.30.